The van der Waals surface area contributed by atoms with Gasteiger partial charge >= 0.3 is 0 Å². The van der Waals surface area contributed by atoms with Gasteiger partial charge < -0.3 is 5.32 Å². The van der Waals surface area contributed by atoms with E-state index < -0.39 is 5.67 Å². The Kier molecular flexibility index (Phi) is 3.65. The molecule has 1 aliphatic heterocycles. The molecule has 0 aromatic rings. The predicted octanol–water partition coefficient (Wildman–Crippen LogP) is 3.29. The molecule has 2 rings (SSSR count). The fourth-order valence-electron chi connectivity index (χ4n) is 3.33. The van der Waals surface area contributed by atoms with Crippen LogP contribution in [-0.2, 0) is 0 Å². The number of hydrogen-bond donors (Lipinski definition) is 1. The summed E-state index contributed by atoms with van der Waals surface area (Å²) in [4.78, 5) is 0. The van der Waals surface area contributed by atoms with Gasteiger partial charge in [-0.3, -0.25) is 0 Å². The zero-order valence-electron chi connectivity index (χ0n) is 9.90. The third kappa shape index (κ3) is 2.52. The maximum Gasteiger partial charge on any atom is 0.126 e. The van der Waals surface area contributed by atoms with Gasteiger partial charge in [0.2, 0.25) is 0 Å². The van der Waals surface area contributed by atoms with E-state index in [0.717, 1.165) is 38.1 Å². The summed E-state index contributed by atoms with van der Waals surface area (Å²) < 4.78 is 14.6. The molecule has 0 bridgehead atoms. The zero-order valence-corrected chi connectivity index (χ0v) is 9.90. The van der Waals surface area contributed by atoms with Crippen molar-refractivity contribution in [3.63, 3.8) is 0 Å². The first-order chi connectivity index (χ1) is 7.24. The molecule has 2 fully saturated rings. The molecule has 1 saturated heterocycles. The Labute approximate surface area is 92.8 Å². The Morgan fingerprint density at radius 3 is 2.53 bits per heavy atom. The molecule has 1 heterocycles. The fourth-order valence-corrected chi connectivity index (χ4v) is 3.33. The number of alkyl halides is 1. The van der Waals surface area contributed by atoms with Gasteiger partial charge in [-0.25, -0.2) is 4.39 Å². The lowest BCUT2D eigenvalue weighted by Crippen LogP contribution is -2.48. The van der Waals surface area contributed by atoms with Crippen LogP contribution >= 0.6 is 0 Å². The standard InChI is InChI=1S/C13H24FN/c1-2-11-4-6-12(7-5-11)13(14)8-3-9-15-10-13/h11-12,15H,2-10H2,1H3. The summed E-state index contributed by atoms with van der Waals surface area (Å²) in [7, 11) is 0. The number of hydrogen-bond acceptors (Lipinski definition) is 1. The van der Waals surface area contributed by atoms with Crippen LogP contribution in [0.1, 0.15) is 51.9 Å². The van der Waals surface area contributed by atoms with Crippen molar-refractivity contribution in [2.24, 2.45) is 11.8 Å². The summed E-state index contributed by atoms with van der Waals surface area (Å²) in [5.41, 5.74) is -0.878. The highest BCUT2D eigenvalue weighted by atomic mass is 19.1. The summed E-state index contributed by atoms with van der Waals surface area (Å²) >= 11 is 0. The van der Waals surface area contributed by atoms with E-state index >= 15 is 0 Å². The maximum atomic E-state index is 14.6. The molecule has 0 amide bonds. The lowest BCUT2D eigenvalue weighted by Gasteiger charge is -2.40. The largest absolute Gasteiger partial charge is 0.314 e. The summed E-state index contributed by atoms with van der Waals surface area (Å²) in [6.45, 7) is 3.88. The molecule has 0 aromatic heterocycles. The van der Waals surface area contributed by atoms with E-state index in [0.29, 0.717) is 12.5 Å². The molecule has 1 nitrogen and oxygen atoms in total. The first-order valence-electron chi connectivity index (χ1n) is 6.64. The van der Waals surface area contributed by atoms with Crippen molar-refractivity contribution in [3.8, 4) is 0 Å². The highest BCUT2D eigenvalue weighted by molar-refractivity contribution is 4.93. The molecule has 15 heavy (non-hydrogen) atoms. The molecule has 1 unspecified atom stereocenters. The Hall–Kier alpha value is -0.110. The Balaban J connectivity index is 1.88. The van der Waals surface area contributed by atoms with Crippen LogP contribution in [0.5, 0.6) is 0 Å². The van der Waals surface area contributed by atoms with Crippen molar-refractivity contribution in [3.05, 3.63) is 0 Å². The molecule has 88 valence electrons. The van der Waals surface area contributed by atoms with Crippen molar-refractivity contribution >= 4 is 0 Å². The van der Waals surface area contributed by atoms with Gasteiger partial charge in [0, 0.05) is 6.54 Å². The average Bonchev–Trinajstić information content (AvgIpc) is 2.30. The predicted molar refractivity (Wildman–Crippen MR) is 61.7 cm³/mol. The molecule has 2 heteroatoms. The first kappa shape index (κ1) is 11.4. The van der Waals surface area contributed by atoms with Crippen LogP contribution in [0.15, 0.2) is 0 Å². The molecule has 1 aliphatic carbocycles. The van der Waals surface area contributed by atoms with Crippen LogP contribution < -0.4 is 5.32 Å². The topological polar surface area (TPSA) is 12.0 Å². The first-order valence-corrected chi connectivity index (χ1v) is 6.64. The number of nitrogens with one attached hydrogen (secondary N) is 1. The molecule has 1 atom stereocenters. The van der Waals surface area contributed by atoms with Gasteiger partial charge in [-0.15, -0.1) is 0 Å². The lowest BCUT2D eigenvalue weighted by atomic mass is 9.71. The summed E-state index contributed by atoms with van der Waals surface area (Å²) in [5.74, 6) is 1.22. The minimum atomic E-state index is -0.878. The second-order valence-electron chi connectivity index (χ2n) is 5.44. The van der Waals surface area contributed by atoms with E-state index in [2.05, 4.69) is 12.2 Å². The van der Waals surface area contributed by atoms with Gasteiger partial charge in [0.15, 0.2) is 0 Å². The molecule has 1 N–H and O–H groups in total. The van der Waals surface area contributed by atoms with Gasteiger partial charge in [0.05, 0.1) is 0 Å². The highest BCUT2D eigenvalue weighted by Gasteiger charge is 2.41. The van der Waals surface area contributed by atoms with Crippen molar-refractivity contribution in [2.45, 2.75) is 57.5 Å². The van der Waals surface area contributed by atoms with Crippen LogP contribution in [-0.4, -0.2) is 18.8 Å². The Bertz CT molecular complexity index is 191. The normalized spacial score (nSPS) is 42.8. The van der Waals surface area contributed by atoms with Crippen LogP contribution in [0, 0.1) is 11.8 Å². The average molecular weight is 213 g/mol. The molecule has 0 radical (unpaired) electrons. The minimum absolute atomic E-state index is 0.341. The summed E-state index contributed by atoms with van der Waals surface area (Å²) in [6.07, 6.45) is 7.85. The third-order valence-corrected chi connectivity index (χ3v) is 4.52. The van der Waals surface area contributed by atoms with Crippen LogP contribution in [0.3, 0.4) is 0 Å². The van der Waals surface area contributed by atoms with Gasteiger partial charge in [0.1, 0.15) is 5.67 Å². The van der Waals surface area contributed by atoms with Crippen LogP contribution in [0.25, 0.3) is 0 Å². The molecule has 2 aliphatic rings. The second-order valence-corrected chi connectivity index (χ2v) is 5.44. The van der Waals surface area contributed by atoms with Crippen molar-refractivity contribution < 1.29 is 4.39 Å². The molecule has 1 saturated carbocycles. The second kappa shape index (κ2) is 4.82. The van der Waals surface area contributed by atoms with Gasteiger partial charge in [-0.1, -0.05) is 26.2 Å². The quantitative estimate of drug-likeness (QED) is 0.742. The van der Waals surface area contributed by atoms with Crippen molar-refractivity contribution in [2.75, 3.05) is 13.1 Å². The zero-order chi connectivity index (χ0) is 10.7. The van der Waals surface area contributed by atoms with E-state index in [-0.39, 0.29) is 0 Å². The van der Waals surface area contributed by atoms with Gasteiger partial charge in [-0.05, 0) is 44.1 Å². The van der Waals surface area contributed by atoms with Crippen molar-refractivity contribution in [1.29, 1.82) is 0 Å². The van der Waals surface area contributed by atoms with E-state index in [1.807, 2.05) is 0 Å². The van der Waals surface area contributed by atoms with E-state index in [1.165, 1.54) is 19.3 Å². The van der Waals surface area contributed by atoms with E-state index in [9.17, 15) is 4.39 Å². The Morgan fingerprint density at radius 1 is 1.27 bits per heavy atom. The molecular weight excluding hydrogens is 189 g/mol. The molecule has 0 aromatic carbocycles. The molecular formula is C13H24FN. The minimum Gasteiger partial charge on any atom is -0.314 e. The number of piperidine rings is 1. The van der Waals surface area contributed by atoms with Gasteiger partial charge in [-0.2, -0.15) is 0 Å². The number of rotatable bonds is 2. The number of halogens is 1. The fraction of sp³-hybridized carbons (Fsp3) is 1.00. The Morgan fingerprint density at radius 2 is 2.00 bits per heavy atom. The monoisotopic (exact) mass is 213 g/mol. The summed E-state index contributed by atoms with van der Waals surface area (Å²) in [6, 6.07) is 0. The maximum absolute atomic E-state index is 14.6. The van der Waals surface area contributed by atoms with E-state index in [1.54, 1.807) is 0 Å². The smallest absolute Gasteiger partial charge is 0.126 e. The van der Waals surface area contributed by atoms with Gasteiger partial charge in [0.25, 0.3) is 0 Å². The van der Waals surface area contributed by atoms with E-state index in [4.69, 9.17) is 0 Å². The van der Waals surface area contributed by atoms with Crippen LogP contribution in [0.2, 0.25) is 0 Å². The SMILES string of the molecule is CCC1CCC(C2(F)CCCNC2)CC1. The summed E-state index contributed by atoms with van der Waals surface area (Å²) in [5, 5.41) is 3.22. The third-order valence-electron chi connectivity index (χ3n) is 4.52. The van der Waals surface area contributed by atoms with Crippen LogP contribution in [0.4, 0.5) is 4.39 Å². The molecule has 0 spiro atoms. The van der Waals surface area contributed by atoms with Crippen molar-refractivity contribution in [1.82, 2.24) is 5.32 Å². The highest BCUT2D eigenvalue weighted by Crippen LogP contribution is 2.41. The lowest BCUT2D eigenvalue weighted by molar-refractivity contribution is 0.0229.